The van der Waals surface area contributed by atoms with Gasteiger partial charge >= 0.3 is 0 Å². The van der Waals surface area contributed by atoms with Crippen LogP contribution in [-0.2, 0) is 7.05 Å². The normalized spacial score (nSPS) is 10.9. The van der Waals surface area contributed by atoms with E-state index in [1.54, 1.807) is 28.9 Å². The molecule has 27 heavy (non-hydrogen) atoms. The van der Waals surface area contributed by atoms with Crippen LogP contribution in [0.4, 0.5) is 5.13 Å². The third kappa shape index (κ3) is 4.77. The Balaban J connectivity index is 0.00000261. The van der Waals surface area contributed by atoms with Gasteiger partial charge in [-0.25, -0.2) is 4.98 Å². The molecule has 2 aromatic heterocycles. The number of benzene rings is 1. The molecule has 0 saturated carbocycles. The predicted molar refractivity (Wildman–Crippen MR) is 111 cm³/mol. The van der Waals surface area contributed by atoms with Crippen LogP contribution in [0.15, 0.2) is 30.5 Å². The summed E-state index contributed by atoms with van der Waals surface area (Å²) in [5, 5.41) is 4.79. The molecule has 3 rings (SSSR count). The number of aryl methyl sites for hydroxylation is 1. The number of ether oxygens (including phenoxy) is 1. The van der Waals surface area contributed by atoms with Crippen LogP contribution in [0.25, 0.3) is 10.2 Å². The Hall–Kier alpha value is -2.16. The summed E-state index contributed by atoms with van der Waals surface area (Å²) in [6.45, 7) is 3.86. The zero-order valence-corrected chi connectivity index (χ0v) is 17.5. The minimum absolute atomic E-state index is 0. The SMILES string of the molecule is CCOc1ccc2nc(N(CCN(C)C)C(=O)c3ccnn3C)sc2c1.Cl. The third-order valence-electron chi connectivity index (χ3n) is 3.95. The van der Waals surface area contributed by atoms with Gasteiger partial charge in [-0.2, -0.15) is 5.10 Å². The number of rotatable bonds is 7. The molecule has 0 bridgehead atoms. The van der Waals surface area contributed by atoms with Crippen molar-refractivity contribution in [3.63, 3.8) is 0 Å². The fourth-order valence-electron chi connectivity index (χ4n) is 2.57. The summed E-state index contributed by atoms with van der Waals surface area (Å²) in [5.74, 6) is 0.712. The van der Waals surface area contributed by atoms with E-state index in [1.807, 2.05) is 44.1 Å². The molecular weight excluding hydrogens is 386 g/mol. The van der Waals surface area contributed by atoms with Crippen molar-refractivity contribution in [1.82, 2.24) is 19.7 Å². The first-order chi connectivity index (χ1) is 12.5. The van der Waals surface area contributed by atoms with Crippen LogP contribution >= 0.6 is 23.7 Å². The molecule has 1 aromatic carbocycles. The number of aromatic nitrogens is 3. The second-order valence-corrected chi connectivity index (χ2v) is 7.17. The highest BCUT2D eigenvalue weighted by Gasteiger charge is 2.23. The van der Waals surface area contributed by atoms with E-state index in [2.05, 4.69) is 10.1 Å². The van der Waals surface area contributed by atoms with Crippen molar-refractivity contribution >= 4 is 45.0 Å². The second kappa shape index (κ2) is 9.16. The fraction of sp³-hybridized carbons (Fsp3) is 0.389. The van der Waals surface area contributed by atoms with Crippen LogP contribution in [0.1, 0.15) is 17.4 Å². The quantitative estimate of drug-likeness (QED) is 0.600. The number of hydrogen-bond donors (Lipinski definition) is 0. The van der Waals surface area contributed by atoms with Crippen molar-refractivity contribution < 1.29 is 9.53 Å². The molecule has 0 aliphatic carbocycles. The summed E-state index contributed by atoms with van der Waals surface area (Å²) in [6.07, 6.45) is 1.63. The first kappa shape index (κ1) is 21.1. The van der Waals surface area contributed by atoms with Gasteiger partial charge in [0.05, 0.1) is 16.8 Å². The maximum absolute atomic E-state index is 13.1. The highest BCUT2D eigenvalue weighted by atomic mass is 35.5. The maximum atomic E-state index is 13.1. The van der Waals surface area contributed by atoms with Gasteiger partial charge in [0.15, 0.2) is 5.13 Å². The molecule has 3 aromatic rings. The molecule has 9 heteroatoms. The Labute approximate surface area is 169 Å². The number of nitrogens with zero attached hydrogens (tertiary/aromatic N) is 5. The number of halogens is 1. The Morgan fingerprint density at radius 1 is 1.26 bits per heavy atom. The van der Waals surface area contributed by atoms with Crippen LogP contribution in [-0.4, -0.2) is 59.4 Å². The predicted octanol–water partition coefficient (Wildman–Crippen LogP) is 3.06. The zero-order valence-electron chi connectivity index (χ0n) is 15.9. The molecule has 7 nitrogen and oxygen atoms in total. The van der Waals surface area contributed by atoms with Crippen LogP contribution in [0, 0.1) is 0 Å². The molecular formula is C18H24ClN5O2S. The first-order valence-electron chi connectivity index (χ1n) is 8.47. The van der Waals surface area contributed by atoms with Crippen molar-refractivity contribution in [2.75, 3.05) is 38.7 Å². The smallest absolute Gasteiger partial charge is 0.278 e. The molecule has 0 unspecified atom stereocenters. The largest absolute Gasteiger partial charge is 0.494 e. The van der Waals surface area contributed by atoms with Crippen molar-refractivity contribution in [2.45, 2.75) is 6.92 Å². The number of carbonyl (C=O) groups is 1. The Morgan fingerprint density at radius 2 is 2.04 bits per heavy atom. The summed E-state index contributed by atoms with van der Waals surface area (Å²) in [6, 6.07) is 7.53. The molecule has 0 radical (unpaired) electrons. The van der Waals surface area contributed by atoms with Crippen molar-refractivity contribution in [2.24, 2.45) is 7.05 Å². The minimum atomic E-state index is -0.101. The van der Waals surface area contributed by atoms with Crippen molar-refractivity contribution in [3.05, 3.63) is 36.2 Å². The number of hydrogen-bond acceptors (Lipinski definition) is 6. The van der Waals surface area contributed by atoms with Gasteiger partial charge in [-0.15, -0.1) is 12.4 Å². The van der Waals surface area contributed by atoms with Gasteiger partial charge in [0.2, 0.25) is 0 Å². The number of anilines is 1. The monoisotopic (exact) mass is 409 g/mol. The molecule has 2 heterocycles. The third-order valence-corrected chi connectivity index (χ3v) is 4.99. The van der Waals surface area contributed by atoms with Gasteiger partial charge in [0.25, 0.3) is 5.91 Å². The van der Waals surface area contributed by atoms with Gasteiger partial charge in [-0.3, -0.25) is 14.4 Å². The molecule has 1 amide bonds. The molecule has 0 aliphatic heterocycles. The van der Waals surface area contributed by atoms with Gasteiger partial charge in [0.1, 0.15) is 11.4 Å². The molecule has 0 N–H and O–H groups in total. The number of likely N-dealkylation sites (N-methyl/N-ethyl adjacent to an activating group) is 1. The lowest BCUT2D eigenvalue weighted by molar-refractivity contribution is 0.0976. The Bertz CT molecular complexity index is 908. The van der Waals surface area contributed by atoms with Crippen LogP contribution in [0.2, 0.25) is 0 Å². The van der Waals surface area contributed by atoms with Crippen LogP contribution in [0.5, 0.6) is 5.75 Å². The van der Waals surface area contributed by atoms with Gasteiger partial charge in [-0.1, -0.05) is 11.3 Å². The number of fused-ring (bicyclic) bond motifs is 1. The average Bonchev–Trinajstić information content (AvgIpc) is 3.20. The van der Waals surface area contributed by atoms with Crippen molar-refractivity contribution in [1.29, 1.82) is 0 Å². The summed E-state index contributed by atoms with van der Waals surface area (Å²) in [4.78, 5) is 21.5. The molecule has 146 valence electrons. The number of amides is 1. The molecule has 0 atom stereocenters. The Kier molecular flexibility index (Phi) is 7.18. The van der Waals surface area contributed by atoms with Gasteiger partial charge in [0, 0.05) is 26.3 Å². The summed E-state index contributed by atoms with van der Waals surface area (Å²) >= 11 is 1.49. The van der Waals surface area contributed by atoms with Gasteiger partial charge < -0.3 is 9.64 Å². The van der Waals surface area contributed by atoms with Crippen LogP contribution < -0.4 is 9.64 Å². The highest BCUT2D eigenvalue weighted by molar-refractivity contribution is 7.22. The average molecular weight is 410 g/mol. The molecule has 0 spiro atoms. The molecule has 0 saturated heterocycles. The van der Waals surface area contributed by atoms with E-state index in [9.17, 15) is 4.79 Å². The number of thiazole rings is 1. The maximum Gasteiger partial charge on any atom is 0.278 e. The van der Waals surface area contributed by atoms with E-state index in [0.29, 0.717) is 24.0 Å². The molecule has 0 fully saturated rings. The van der Waals surface area contributed by atoms with Crippen LogP contribution in [0.3, 0.4) is 0 Å². The lowest BCUT2D eigenvalue weighted by atomic mass is 10.3. The topological polar surface area (TPSA) is 63.5 Å². The summed E-state index contributed by atoms with van der Waals surface area (Å²) in [5.41, 5.74) is 1.40. The van der Waals surface area contributed by atoms with E-state index in [0.717, 1.165) is 22.5 Å². The van der Waals surface area contributed by atoms with E-state index in [4.69, 9.17) is 4.74 Å². The van der Waals surface area contributed by atoms with E-state index in [-0.39, 0.29) is 18.3 Å². The van der Waals surface area contributed by atoms with Crippen molar-refractivity contribution in [3.8, 4) is 5.75 Å². The van der Waals surface area contributed by atoms with Gasteiger partial charge in [-0.05, 0) is 45.3 Å². The molecule has 0 aliphatic rings. The fourth-order valence-corrected chi connectivity index (χ4v) is 3.59. The Morgan fingerprint density at radius 3 is 2.67 bits per heavy atom. The first-order valence-corrected chi connectivity index (χ1v) is 9.29. The lowest BCUT2D eigenvalue weighted by Crippen LogP contribution is -2.37. The lowest BCUT2D eigenvalue weighted by Gasteiger charge is -2.21. The zero-order chi connectivity index (χ0) is 18.7. The summed E-state index contributed by atoms with van der Waals surface area (Å²) < 4.78 is 8.15. The second-order valence-electron chi connectivity index (χ2n) is 6.16. The van der Waals surface area contributed by atoms with E-state index < -0.39 is 0 Å². The highest BCUT2D eigenvalue weighted by Crippen LogP contribution is 2.32. The van der Waals surface area contributed by atoms with E-state index in [1.165, 1.54) is 11.3 Å². The summed E-state index contributed by atoms with van der Waals surface area (Å²) in [7, 11) is 5.74. The number of carbonyl (C=O) groups excluding carboxylic acids is 1. The van der Waals surface area contributed by atoms with E-state index >= 15 is 0 Å². The standard InChI is InChI=1S/C18H23N5O2S.ClH/c1-5-25-13-6-7-14-16(12-13)26-18(20-14)23(11-10-21(2)3)17(24)15-8-9-19-22(15)4;/h6-9,12H,5,10-11H2,1-4H3;1H. The minimum Gasteiger partial charge on any atom is -0.494 e.